The molecular weight excluding hydrogens is 338 g/mol. The molecule has 0 N–H and O–H groups in total. The summed E-state index contributed by atoms with van der Waals surface area (Å²) in [4.78, 5) is 37.9. The topological polar surface area (TPSA) is 86.0 Å². The van der Waals surface area contributed by atoms with Crippen molar-refractivity contribution in [3.8, 4) is 0 Å². The number of rotatable bonds is 6. The van der Waals surface area contributed by atoms with Crippen molar-refractivity contribution in [1.82, 2.24) is 4.90 Å². The van der Waals surface area contributed by atoms with E-state index in [0.29, 0.717) is 5.76 Å². The van der Waals surface area contributed by atoms with Crippen LogP contribution in [0.3, 0.4) is 0 Å². The number of carbonyl (C=O) groups is 3. The van der Waals surface area contributed by atoms with Gasteiger partial charge in [0.15, 0.2) is 6.04 Å². The van der Waals surface area contributed by atoms with Crippen molar-refractivity contribution in [3.05, 3.63) is 59.5 Å². The van der Waals surface area contributed by atoms with E-state index in [2.05, 4.69) is 0 Å². The van der Waals surface area contributed by atoms with Gasteiger partial charge in [0.05, 0.1) is 13.5 Å². The fraction of sp³-hybridized carbons (Fsp3) is 0.316. The number of likely N-dealkylation sites (tertiary alicyclic amines) is 1. The van der Waals surface area contributed by atoms with Crippen LogP contribution < -0.4 is 0 Å². The molecule has 0 radical (unpaired) electrons. The zero-order valence-electron chi connectivity index (χ0n) is 14.5. The van der Waals surface area contributed by atoms with Crippen molar-refractivity contribution >= 4 is 17.8 Å². The molecule has 7 nitrogen and oxygen atoms in total. The Hall–Kier alpha value is -3.09. The van der Waals surface area contributed by atoms with E-state index in [1.54, 1.807) is 19.1 Å². The van der Waals surface area contributed by atoms with Crippen LogP contribution in [0, 0.1) is 6.92 Å². The average molecular weight is 357 g/mol. The van der Waals surface area contributed by atoms with Gasteiger partial charge in [-0.1, -0.05) is 30.3 Å². The Balaban J connectivity index is 1.75. The summed E-state index contributed by atoms with van der Waals surface area (Å²) in [6, 6.07) is 10.5. The summed E-state index contributed by atoms with van der Waals surface area (Å²) in [5.74, 6) is -0.733. The lowest BCUT2D eigenvalue weighted by Gasteiger charge is -2.41. The number of nitrogens with zero attached hydrogens (tertiary/aromatic N) is 1. The van der Waals surface area contributed by atoms with E-state index in [9.17, 15) is 14.4 Å². The van der Waals surface area contributed by atoms with Crippen molar-refractivity contribution in [2.75, 3.05) is 7.11 Å². The lowest BCUT2D eigenvalue weighted by molar-refractivity contribution is -0.176. The van der Waals surface area contributed by atoms with E-state index in [0.717, 1.165) is 10.5 Å². The number of aryl methyl sites for hydroxylation is 1. The number of esters is 2. The minimum Gasteiger partial charge on any atom is -0.467 e. The van der Waals surface area contributed by atoms with Gasteiger partial charge in [-0.05, 0) is 24.6 Å². The lowest BCUT2D eigenvalue weighted by Crippen LogP contribution is -2.59. The number of carbonyl (C=O) groups excluding carboxylic acids is 3. The Morgan fingerprint density at radius 3 is 2.54 bits per heavy atom. The van der Waals surface area contributed by atoms with E-state index in [1.807, 2.05) is 30.3 Å². The molecule has 1 aromatic carbocycles. The summed E-state index contributed by atoms with van der Waals surface area (Å²) in [7, 11) is 1.22. The second-order valence-electron chi connectivity index (χ2n) is 5.99. The largest absolute Gasteiger partial charge is 0.467 e. The standard InChI is InChI=1S/C19H19NO6/c1-12-8-9-15(26-12)17(19(23)24-2)20-14(10-16(20)21)18(22)25-11-13-6-4-3-5-7-13/h3-9,14,17H,10-11H2,1-2H3. The van der Waals surface area contributed by atoms with Gasteiger partial charge in [0.2, 0.25) is 5.91 Å². The molecule has 1 aliphatic heterocycles. The van der Waals surface area contributed by atoms with Crippen molar-refractivity contribution in [3.63, 3.8) is 0 Å². The Morgan fingerprint density at radius 2 is 1.96 bits per heavy atom. The van der Waals surface area contributed by atoms with Crippen LogP contribution in [0.5, 0.6) is 0 Å². The summed E-state index contributed by atoms with van der Waals surface area (Å²) in [5, 5.41) is 0. The van der Waals surface area contributed by atoms with E-state index in [-0.39, 0.29) is 24.7 Å². The van der Waals surface area contributed by atoms with Crippen molar-refractivity contribution in [2.24, 2.45) is 0 Å². The van der Waals surface area contributed by atoms with Gasteiger partial charge in [-0.15, -0.1) is 0 Å². The lowest BCUT2D eigenvalue weighted by atomic mass is 9.97. The van der Waals surface area contributed by atoms with Crippen LogP contribution in [0.15, 0.2) is 46.9 Å². The first-order chi connectivity index (χ1) is 12.5. The zero-order chi connectivity index (χ0) is 18.7. The predicted molar refractivity (Wildman–Crippen MR) is 89.7 cm³/mol. The quantitative estimate of drug-likeness (QED) is 0.582. The molecule has 2 atom stereocenters. The maximum Gasteiger partial charge on any atom is 0.336 e. The summed E-state index contributed by atoms with van der Waals surface area (Å²) in [5.41, 5.74) is 0.837. The number of β-lactam (4-membered cyclic amide) rings is 1. The molecule has 1 saturated heterocycles. The minimum absolute atomic E-state index is 0.0131. The van der Waals surface area contributed by atoms with Crippen molar-refractivity contribution in [1.29, 1.82) is 0 Å². The molecule has 2 aromatic rings. The summed E-state index contributed by atoms with van der Waals surface area (Å²) < 4.78 is 15.6. The van der Waals surface area contributed by atoms with Gasteiger partial charge in [-0.2, -0.15) is 0 Å². The highest BCUT2D eigenvalue weighted by molar-refractivity contribution is 5.98. The smallest absolute Gasteiger partial charge is 0.336 e. The molecule has 7 heteroatoms. The number of furan rings is 1. The molecule has 0 aliphatic carbocycles. The third-order valence-corrected chi connectivity index (χ3v) is 4.22. The average Bonchev–Trinajstić information content (AvgIpc) is 3.08. The molecule has 3 rings (SSSR count). The summed E-state index contributed by atoms with van der Waals surface area (Å²) in [6.45, 7) is 1.82. The number of hydrogen-bond acceptors (Lipinski definition) is 6. The second kappa shape index (κ2) is 7.43. The number of benzene rings is 1. The molecule has 1 amide bonds. The summed E-state index contributed by atoms with van der Waals surface area (Å²) >= 11 is 0. The third kappa shape index (κ3) is 3.46. The van der Waals surface area contributed by atoms with Gasteiger partial charge in [0, 0.05) is 0 Å². The molecule has 0 saturated carbocycles. The number of ether oxygens (including phenoxy) is 2. The first-order valence-corrected chi connectivity index (χ1v) is 8.17. The molecule has 26 heavy (non-hydrogen) atoms. The van der Waals surface area contributed by atoms with Crippen LogP contribution in [0.2, 0.25) is 0 Å². The molecule has 1 aromatic heterocycles. The Kier molecular flexibility index (Phi) is 5.06. The van der Waals surface area contributed by atoms with Crippen LogP contribution in [-0.4, -0.2) is 35.9 Å². The molecule has 1 fully saturated rings. The zero-order valence-corrected chi connectivity index (χ0v) is 14.5. The fourth-order valence-electron chi connectivity index (χ4n) is 2.86. The van der Waals surface area contributed by atoms with Gasteiger partial charge in [0.25, 0.3) is 0 Å². The number of amides is 1. The molecule has 1 aliphatic rings. The number of methoxy groups -OCH3 is 1. The first kappa shape index (κ1) is 17.7. The summed E-state index contributed by atoms with van der Waals surface area (Å²) in [6.07, 6.45) is -0.0131. The maximum atomic E-state index is 12.4. The highest BCUT2D eigenvalue weighted by Gasteiger charge is 2.50. The van der Waals surface area contributed by atoms with Gasteiger partial charge < -0.3 is 18.8 Å². The highest BCUT2D eigenvalue weighted by Crippen LogP contribution is 2.34. The second-order valence-corrected chi connectivity index (χ2v) is 5.99. The maximum absolute atomic E-state index is 12.4. The highest BCUT2D eigenvalue weighted by atomic mass is 16.5. The van der Waals surface area contributed by atoms with E-state index in [4.69, 9.17) is 13.9 Å². The van der Waals surface area contributed by atoms with Crippen LogP contribution in [0.4, 0.5) is 0 Å². The van der Waals surface area contributed by atoms with Crippen molar-refractivity contribution in [2.45, 2.75) is 32.0 Å². The third-order valence-electron chi connectivity index (χ3n) is 4.22. The van der Waals surface area contributed by atoms with Gasteiger partial charge in [-0.3, -0.25) is 4.79 Å². The SMILES string of the molecule is COC(=O)C(c1ccc(C)o1)N1C(=O)CC1C(=O)OCc1ccccc1. The number of hydrogen-bond donors (Lipinski definition) is 0. The van der Waals surface area contributed by atoms with Crippen molar-refractivity contribution < 1.29 is 28.3 Å². The molecule has 136 valence electrons. The first-order valence-electron chi connectivity index (χ1n) is 8.17. The molecule has 2 heterocycles. The van der Waals surface area contributed by atoms with E-state index in [1.165, 1.54) is 7.11 Å². The minimum atomic E-state index is -1.11. The molecular formula is C19H19NO6. The fourth-order valence-corrected chi connectivity index (χ4v) is 2.86. The molecule has 2 unspecified atom stereocenters. The Morgan fingerprint density at radius 1 is 1.23 bits per heavy atom. The molecule has 0 bridgehead atoms. The predicted octanol–water partition coefficient (Wildman–Crippen LogP) is 2.15. The normalized spacial score (nSPS) is 17.4. The Bertz CT molecular complexity index is 812. The van der Waals surface area contributed by atoms with Gasteiger partial charge in [0.1, 0.15) is 24.2 Å². The monoisotopic (exact) mass is 357 g/mol. The van der Waals surface area contributed by atoms with Crippen LogP contribution in [0.1, 0.15) is 29.5 Å². The van der Waals surface area contributed by atoms with Crippen LogP contribution in [-0.2, 0) is 30.5 Å². The van der Waals surface area contributed by atoms with E-state index >= 15 is 0 Å². The molecule has 0 spiro atoms. The Labute approximate surface area is 150 Å². The van der Waals surface area contributed by atoms with Crippen LogP contribution in [0.25, 0.3) is 0 Å². The van der Waals surface area contributed by atoms with Crippen LogP contribution >= 0.6 is 0 Å². The van der Waals surface area contributed by atoms with Gasteiger partial charge >= 0.3 is 11.9 Å². The van der Waals surface area contributed by atoms with E-state index < -0.39 is 24.0 Å². The van der Waals surface area contributed by atoms with Gasteiger partial charge in [-0.25, -0.2) is 9.59 Å².